The van der Waals surface area contributed by atoms with Gasteiger partial charge in [0.05, 0.1) is 13.2 Å². The third-order valence-corrected chi connectivity index (χ3v) is 2.68. The molecule has 0 saturated heterocycles. The minimum absolute atomic E-state index is 0.148. The van der Waals surface area contributed by atoms with Crippen LogP contribution in [0.1, 0.15) is 23.0 Å². The molecule has 0 aliphatic rings. The van der Waals surface area contributed by atoms with Crippen LogP contribution in [0.25, 0.3) is 0 Å². The summed E-state index contributed by atoms with van der Waals surface area (Å²) in [6.07, 6.45) is 0.681. The van der Waals surface area contributed by atoms with Gasteiger partial charge in [0.2, 0.25) is 0 Å². The standard InChI is InChI=1S/C12H17ClN2O3/c1-2-10-7-9(8-11(13)14-10)12(18)15(3-5-16)4-6-17/h7-8,16-17H,2-6H2,1H3. The summed E-state index contributed by atoms with van der Waals surface area (Å²) < 4.78 is 0. The number of carbonyl (C=O) groups excluding carboxylic acids is 1. The second kappa shape index (κ2) is 7.31. The molecule has 6 heteroatoms. The van der Waals surface area contributed by atoms with Gasteiger partial charge in [0.1, 0.15) is 5.15 Å². The number of halogens is 1. The first-order chi connectivity index (χ1) is 8.62. The Labute approximate surface area is 111 Å². The maximum atomic E-state index is 12.2. The number of hydrogen-bond donors (Lipinski definition) is 2. The second-order valence-corrected chi connectivity index (χ2v) is 4.15. The van der Waals surface area contributed by atoms with Crippen LogP contribution in [0, 0.1) is 0 Å². The highest BCUT2D eigenvalue weighted by atomic mass is 35.5. The first kappa shape index (κ1) is 14.9. The van der Waals surface area contributed by atoms with Gasteiger partial charge in [-0.2, -0.15) is 0 Å². The van der Waals surface area contributed by atoms with E-state index in [9.17, 15) is 4.79 Å². The third-order valence-electron chi connectivity index (χ3n) is 2.48. The summed E-state index contributed by atoms with van der Waals surface area (Å²) in [5.74, 6) is -0.267. The molecule has 0 bridgehead atoms. The molecular formula is C12H17ClN2O3. The predicted octanol–water partition coefficient (Wildman–Crippen LogP) is 0.724. The van der Waals surface area contributed by atoms with Gasteiger partial charge in [-0.25, -0.2) is 4.98 Å². The fourth-order valence-corrected chi connectivity index (χ4v) is 1.82. The Morgan fingerprint density at radius 3 is 2.44 bits per heavy atom. The lowest BCUT2D eigenvalue weighted by Gasteiger charge is -2.20. The van der Waals surface area contributed by atoms with E-state index in [2.05, 4.69) is 4.98 Å². The Kier molecular flexibility index (Phi) is 6.04. The highest BCUT2D eigenvalue weighted by Gasteiger charge is 2.16. The summed E-state index contributed by atoms with van der Waals surface area (Å²) >= 11 is 5.85. The van der Waals surface area contributed by atoms with E-state index in [1.807, 2.05) is 6.92 Å². The molecule has 100 valence electrons. The average Bonchev–Trinajstić information content (AvgIpc) is 2.36. The van der Waals surface area contributed by atoms with E-state index in [1.54, 1.807) is 6.07 Å². The van der Waals surface area contributed by atoms with Crippen molar-refractivity contribution in [2.24, 2.45) is 0 Å². The fraction of sp³-hybridized carbons (Fsp3) is 0.500. The fourth-order valence-electron chi connectivity index (χ4n) is 1.59. The van der Waals surface area contributed by atoms with Gasteiger partial charge in [-0.05, 0) is 18.6 Å². The van der Waals surface area contributed by atoms with Crippen molar-refractivity contribution in [2.75, 3.05) is 26.3 Å². The minimum atomic E-state index is -0.267. The topological polar surface area (TPSA) is 73.7 Å². The van der Waals surface area contributed by atoms with Crippen LogP contribution in [-0.2, 0) is 6.42 Å². The Bertz CT molecular complexity index is 406. The second-order valence-electron chi connectivity index (χ2n) is 3.76. The summed E-state index contributed by atoms with van der Waals surface area (Å²) in [5.41, 5.74) is 1.16. The van der Waals surface area contributed by atoms with E-state index >= 15 is 0 Å². The van der Waals surface area contributed by atoms with E-state index < -0.39 is 0 Å². The molecule has 2 N–H and O–H groups in total. The van der Waals surface area contributed by atoms with Crippen molar-refractivity contribution in [3.8, 4) is 0 Å². The van der Waals surface area contributed by atoms with Gasteiger partial charge < -0.3 is 15.1 Å². The molecule has 1 aromatic rings. The van der Waals surface area contributed by atoms with Gasteiger partial charge in [-0.3, -0.25) is 4.79 Å². The summed E-state index contributed by atoms with van der Waals surface area (Å²) in [6, 6.07) is 3.17. The van der Waals surface area contributed by atoms with Gasteiger partial charge in [0.25, 0.3) is 5.91 Å². The quantitative estimate of drug-likeness (QED) is 0.749. The van der Waals surface area contributed by atoms with Crippen LogP contribution in [0.2, 0.25) is 5.15 Å². The SMILES string of the molecule is CCc1cc(C(=O)N(CCO)CCO)cc(Cl)n1. The summed E-state index contributed by atoms with van der Waals surface area (Å²) in [6.45, 7) is 1.99. The molecule has 0 aliphatic heterocycles. The van der Waals surface area contributed by atoms with Crippen LogP contribution in [0.5, 0.6) is 0 Å². The zero-order valence-corrected chi connectivity index (χ0v) is 11.0. The predicted molar refractivity (Wildman–Crippen MR) is 68.7 cm³/mol. The van der Waals surface area contributed by atoms with Gasteiger partial charge in [-0.1, -0.05) is 18.5 Å². The van der Waals surface area contributed by atoms with Gasteiger partial charge in [0, 0.05) is 24.3 Å². The van der Waals surface area contributed by atoms with Gasteiger partial charge >= 0.3 is 0 Å². The number of nitrogens with zero attached hydrogens (tertiary/aromatic N) is 2. The number of rotatable bonds is 6. The maximum Gasteiger partial charge on any atom is 0.254 e. The number of pyridine rings is 1. The van der Waals surface area contributed by atoms with Crippen LogP contribution >= 0.6 is 11.6 Å². The summed E-state index contributed by atoms with van der Waals surface area (Å²) in [4.78, 5) is 17.6. The number of aliphatic hydroxyl groups excluding tert-OH is 2. The molecule has 0 fully saturated rings. The van der Waals surface area contributed by atoms with Crippen LogP contribution in [0.3, 0.4) is 0 Å². The molecule has 0 atom stereocenters. The van der Waals surface area contributed by atoms with Gasteiger partial charge in [-0.15, -0.1) is 0 Å². The Balaban J connectivity index is 2.96. The van der Waals surface area contributed by atoms with Crippen molar-refractivity contribution in [3.63, 3.8) is 0 Å². The first-order valence-corrected chi connectivity index (χ1v) is 6.17. The van der Waals surface area contributed by atoms with Crippen LogP contribution in [0.4, 0.5) is 0 Å². The van der Waals surface area contributed by atoms with Crippen molar-refractivity contribution >= 4 is 17.5 Å². The number of amides is 1. The van der Waals surface area contributed by atoms with Crippen LogP contribution in [0.15, 0.2) is 12.1 Å². The lowest BCUT2D eigenvalue weighted by atomic mass is 10.2. The lowest BCUT2D eigenvalue weighted by Crippen LogP contribution is -2.36. The van der Waals surface area contributed by atoms with Crippen LogP contribution in [-0.4, -0.2) is 52.3 Å². The molecule has 0 saturated carbocycles. The minimum Gasteiger partial charge on any atom is -0.395 e. The first-order valence-electron chi connectivity index (χ1n) is 5.79. The monoisotopic (exact) mass is 272 g/mol. The highest BCUT2D eigenvalue weighted by Crippen LogP contribution is 2.13. The van der Waals surface area contributed by atoms with Crippen LogP contribution < -0.4 is 0 Å². The molecule has 0 unspecified atom stereocenters. The van der Waals surface area contributed by atoms with Crippen molar-refractivity contribution in [2.45, 2.75) is 13.3 Å². The molecule has 1 heterocycles. The summed E-state index contributed by atoms with van der Waals surface area (Å²) in [7, 11) is 0. The molecule has 5 nitrogen and oxygen atoms in total. The molecule has 1 aromatic heterocycles. The third kappa shape index (κ3) is 3.94. The van der Waals surface area contributed by atoms with Gasteiger partial charge in [0.15, 0.2) is 0 Å². The van der Waals surface area contributed by atoms with E-state index in [-0.39, 0.29) is 37.4 Å². The molecule has 1 amide bonds. The smallest absolute Gasteiger partial charge is 0.254 e. The lowest BCUT2D eigenvalue weighted by molar-refractivity contribution is 0.0684. The highest BCUT2D eigenvalue weighted by molar-refractivity contribution is 6.29. The Morgan fingerprint density at radius 2 is 1.94 bits per heavy atom. The normalized spacial score (nSPS) is 10.4. The maximum absolute atomic E-state index is 12.2. The Hall–Kier alpha value is -1.17. The number of carbonyl (C=O) groups is 1. The number of hydrogen-bond acceptors (Lipinski definition) is 4. The number of aryl methyl sites for hydroxylation is 1. The zero-order valence-electron chi connectivity index (χ0n) is 10.3. The van der Waals surface area contributed by atoms with E-state index in [0.29, 0.717) is 12.0 Å². The Morgan fingerprint density at radius 1 is 1.33 bits per heavy atom. The number of aromatic nitrogens is 1. The molecule has 0 aliphatic carbocycles. The van der Waals surface area contributed by atoms with Crippen molar-refractivity contribution in [1.29, 1.82) is 0 Å². The molecule has 18 heavy (non-hydrogen) atoms. The van der Waals surface area contributed by atoms with Crippen molar-refractivity contribution in [3.05, 3.63) is 28.5 Å². The number of aliphatic hydroxyl groups is 2. The van der Waals surface area contributed by atoms with Crippen molar-refractivity contribution < 1.29 is 15.0 Å². The zero-order chi connectivity index (χ0) is 13.5. The average molecular weight is 273 g/mol. The van der Waals surface area contributed by atoms with E-state index in [1.165, 1.54) is 11.0 Å². The van der Waals surface area contributed by atoms with E-state index in [0.717, 1.165) is 5.69 Å². The molecule has 0 aromatic carbocycles. The molecular weight excluding hydrogens is 256 g/mol. The largest absolute Gasteiger partial charge is 0.395 e. The summed E-state index contributed by atoms with van der Waals surface area (Å²) in [5, 5.41) is 18.1. The molecule has 0 spiro atoms. The molecule has 1 rings (SSSR count). The van der Waals surface area contributed by atoms with E-state index in [4.69, 9.17) is 21.8 Å². The van der Waals surface area contributed by atoms with Crippen molar-refractivity contribution in [1.82, 2.24) is 9.88 Å². The molecule has 0 radical (unpaired) electrons.